The van der Waals surface area contributed by atoms with E-state index in [2.05, 4.69) is 5.32 Å². The van der Waals surface area contributed by atoms with E-state index in [-0.39, 0.29) is 17.7 Å². The van der Waals surface area contributed by atoms with Gasteiger partial charge in [0.05, 0.1) is 20.1 Å². The lowest BCUT2D eigenvalue weighted by Gasteiger charge is -2.21. The molecule has 1 N–H and O–H groups in total. The second-order valence-electron chi connectivity index (χ2n) is 7.98. The molecule has 0 unspecified atom stereocenters. The highest BCUT2D eigenvalue weighted by Gasteiger charge is 2.42. The third-order valence-electron chi connectivity index (χ3n) is 5.98. The number of methoxy groups -OCH3 is 3. The first kappa shape index (κ1) is 23.6. The largest absolute Gasteiger partial charge is 0.497 e. The number of likely N-dealkylation sites (tertiary alicyclic amines) is 1. The lowest BCUT2D eigenvalue weighted by molar-refractivity contribution is -0.125. The lowest BCUT2D eigenvalue weighted by Crippen LogP contribution is -2.36. The van der Waals surface area contributed by atoms with Gasteiger partial charge in [0.1, 0.15) is 11.5 Å². The number of carbonyl (C=O) groups is 2. The summed E-state index contributed by atoms with van der Waals surface area (Å²) in [6.07, 6.45) is 0.730. The Morgan fingerprint density at radius 2 is 1.84 bits per heavy atom. The highest BCUT2D eigenvalue weighted by Crippen LogP contribution is 2.40. The van der Waals surface area contributed by atoms with Gasteiger partial charge in [-0.1, -0.05) is 18.2 Å². The van der Waals surface area contributed by atoms with Crippen LogP contribution in [0, 0.1) is 12.8 Å². The Morgan fingerprint density at radius 3 is 2.53 bits per heavy atom. The van der Waals surface area contributed by atoms with Crippen LogP contribution in [0.25, 0.3) is 0 Å². The Labute approximate surface area is 189 Å². The van der Waals surface area contributed by atoms with Crippen LogP contribution >= 0.6 is 0 Å². The summed E-state index contributed by atoms with van der Waals surface area (Å²) in [7, 11) is 4.85. The molecule has 7 heteroatoms. The molecule has 0 aromatic heterocycles. The van der Waals surface area contributed by atoms with Crippen LogP contribution in [-0.2, 0) is 9.53 Å². The first-order chi connectivity index (χ1) is 15.5. The van der Waals surface area contributed by atoms with Crippen molar-refractivity contribution in [3.8, 4) is 11.5 Å². The number of benzene rings is 2. The van der Waals surface area contributed by atoms with E-state index in [1.165, 1.54) is 0 Å². The summed E-state index contributed by atoms with van der Waals surface area (Å²) in [5.74, 6) is 0.615. The predicted molar refractivity (Wildman–Crippen MR) is 122 cm³/mol. The minimum Gasteiger partial charge on any atom is -0.497 e. The number of amides is 2. The van der Waals surface area contributed by atoms with Crippen molar-refractivity contribution < 1.29 is 23.8 Å². The van der Waals surface area contributed by atoms with Crippen LogP contribution in [0.15, 0.2) is 42.5 Å². The van der Waals surface area contributed by atoms with E-state index in [1.807, 2.05) is 49.4 Å². The molecule has 1 fully saturated rings. The van der Waals surface area contributed by atoms with Crippen molar-refractivity contribution in [2.75, 3.05) is 47.6 Å². The van der Waals surface area contributed by atoms with Crippen molar-refractivity contribution in [1.29, 1.82) is 0 Å². The fourth-order valence-corrected chi connectivity index (χ4v) is 4.22. The van der Waals surface area contributed by atoms with E-state index in [4.69, 9.17) is 14.2 Å². The van der Waals surface area contributed by atoms with Gasteiger partial charge >= 0.3 is 0 Å². The summed E-state index contributed by atoms with van der Waals surface area (Å²) in [4.78, 5) is 28.2. The van der Waals surface area contributed by atoms with Crippen LogP contribution in [0.1, 0.15) is 33.8 Å². The first-order valence-corrected chi connectivity index (χ1v) is 10.8. The zero-order valence-electron chi connectivity index (χ0n) is 19.2. The molecular formula is C25H32N2O5. The smallest absolute Gasteiger partial charge is 0.254 e. The fourth-order valence-electron chi connectivity index (χ4n) is 4.22. The summed E-state index contributed by atoms with van der Waals surface area (Å²) in [5.41, 5.74) is 2.44. The molecule has 1 aliphatic heterocycles. The van der Waals surface area contributed by atoms with Gasteiger partial charge in [-0.25, -0.2) is 0 Å². The molecular weight excluding hydrogens is 408 g/mol. The average Bonchev–Trinajstić information content (AvgIpc) is 3.26. The Bertz CT molecular complexity index is 946. The normalized spacial score (nSPS) is 17.8. The Kier molecular flexibility index (Phi) is 8.11. The second kappa shape index (κ2) is 11.0. The highest BCUT2D eigenvalue weighted by molar-refractivity contribution is 5.96. The van der Waals surface area contributed by atoms with Crippen LogP contribution in [0.3, 0.4) is 0 Å². The molecule has 3 rings (SSSR count). The van der Waals surface area contributed by atoms with E-state index in [9.17, 15) is 9.59 Å². The number of nitrogens with one attached hydrogen (secondary N) is 1. The minimum atomic E-state index is -0.397. The van der Waals surface area contributed by atoms with Gasteiger partial charge < -0.3 is 24.4 Å². The highest BCUT2D eigenvalue weighted by atomic mass is 16.5. The third-order valence-corrected chi connectivity index (χ3v) is 5.98. The van der Waals surface area contributed by atoms with Crippen molar-refractivity contribution in [2.24, 2.45) is 5.92 Å². The van der Waals surface area contributed by atoms with Crippen LogP contribution in [0.4, 0.5) is 0 Å². The quantitative estimate of drug-likeness (QED) is 0.607. The number of hydrogen-bond donors (Lipinski definition) is 1. The van der Waals surface area contributed by atoms with Crippen LogP contribution in [-0.4, -0.2) is 64.3 Å². The molecule has 0 aliphatic carbocycles. The molecule has 32 heavy (non-hydrogen) atoms. The van der Waals surface area contributed by atoms with Crippen molar-refractivity contribution in [1.82, 2.24) is 10.2 Å². The number of rotatable bonds is 9. The van der Waals surface area contributed by atoms with Gasteiger partial charge in [0.15, 0.2) is 0 Å². The van der Waals surface area contributed by atoms with Crippen LogP contribution in [0.2, 0.25) is 0 Å². The number of aryl methyl sites for hydroxylation is 1. The van der Waals surface area contributed by atoms with Crippen molar-refractivity contribution >= 4 is 11.8 Å². The maximum Gasteiger partial charge on any atom is 0.254 e. The van der Waals surface area contributed by atoms with Gasteiger partial charge in [-0.15, -0.1) is 0 Å². The fraction of sp³-hybridized carbons (Fsp3) is 0.440. The van der Waals surface area contributed by atoms with E-state index in [1.54, 1.807) is 26.2 Å². The summed E-state index contributed by atoms with van der Waals surface area (Å²) in [6.45, 7) is 3.79. The molecule has 1 saturated heterocycles. The summed E-state index contributed by atoms with van der Waals surface area (Å²) in [6, 6.07) is 13.1. The Hall–Kier alpha value is -3.06. The van der Waals surface area contributed by atoms with Crippen LogP contribution in [0.5, 0.6) is 11.5 Å². The molecule has 0 bridgehead atoms. The monoisotopic (exact) mass is 440 g/mol. The molecule has 2 aromatic carbocycles. The molecule has 1 aliphatic rings. The zero-order valence-corrected chi connectivity index (χ0v) is 19.2. The SMILES string of the molecule is COCCCNC(=O)[C@H]1CN(C(=O)c2ccccc2C)C[C@H]1c1cc(OC)ccc1OC. The molecule has 0 spiro atoms. The van der Waals surface area contributed by atoms with Gasteiger partial charge in [0.2, 0.25) is 5.91 Å². The number of nitrogens with zero attached hydrogens (tertiary/aromatic N) is 1. The molecule has 2 amide bonds. The van der Waals surface area contributed by atoms with Gasteiger partial charge in [0.25, 0.3) is 5.91 Å². The Balaban J connectivity index is 1.90. The number of ether oxygens (including phenoxy) is 3. The Morgan fingerprint density at radius 1 is 1.06 bits per heavy atom. The third kappa shape index (κ3) is 5.22. The van der Waals surface area contributed by atoms with E-state index in [0.29, 0.717) is 43.3 Å². The predicted octanol–water partition coefficient (Wildman–Crippen LogP) is 3.02. The molecule has 172 valence electrons. The number of hydrogen-bond acceptors (Lipinski definition) is 5. The molecule has 7 nitrogen and oxygen atoms in total. The molecule has 2 atom stereocenters. The molecule has 2 aromatic rings. The topological polar surface area (TPSA) is 77.1 Å². The number of carbonyl (C=O) groups excluding carboxylic acids is 2. The standard InChI is InChI=1S/C25H32N2O5/c1-17-8-5-6-9-19(17)25(29)27-15-21(20-14-18(31-3)10-11-23(20)32-4)22(16-27)24(28)26-12-7-13-30-2/h5-6,8-11,14,21-22H,7,12-13,15-16H2,1-4H3,(H,26,28)/t21-,22-/m0/s1. The first-order valence-electron chi connectivity index (χ1n) is 10.8. The van der Waals surface area contributed by atoms with Crippen molar-refractivity contribution in [2.45, 2.75) is 19.3 Å². The zero-order chi connectivity index (χ0) is 23.1. The lowest BCUT2D eigenvalue weighted by atomic mass is 9.87. The van der Waals surface area contributed by atoms with Crippen molar-refractivity contribution in [3.05, 3.63) is 59.2 Å². The summed E-state index contributed by atoms with van der Waals surface area (Å²) < 4.78 is 16.1. The van der Waals surface area contributed by atoms with Gasteiger partial charge in [-0.2, -0.15) is 0 Å². The van der Waals surface area contributed by atoms with Gasteiger partial charge in [-0.05, 0) is 43.2 Å². The minimum absolute atomic E-state index is 0.0651. The van der Waals surface area contributed by atoms with Gasteiger partial charge in [-0.3, -0.25) is 9.59 Å². The summed E-state index contributed by atoms with van der Waals surface area (Å²) in [5, 5.41) is 3.01. The maximum atomic E-state index is 13.3. The van der Waals surface area contributed by atoms with Gasteiger partial charge in [0, 0.05) is 50.4 Å². The average molecular weight is 441 g/mol. The van der Waals surface area contributed by atoms with Crippen LogP contribution < -0.4 is 14.8 Å². The summed E-state index contributed by atoms with van der Waals surface area (Å²) >= 11 is 0. The maximum absolute atomic E-state index is 13.3. The molecule has 0 radical (unpaired) electrons. The molecule has 0 saturated carbocycles. The molecule has 1 heterocycles. The van der Waals surface area contributed by atoms with E-state index < -0.39 is 5.92 Å². The second-order valence-corrected chi connectivity index (χ2v) is 7.98. The van der Waals surface area contributed by atoms with E-state index >= 15 is 0 Å². The van der Waals surface area contributed by atoms with E-state index in [0.717, 1.165) is 17.5 Å². The van der Waals surface area contributed by atoms with Crippen molar-refractivity contribution in [3.63, 3.8) is 0 Å².